The van der Waals surface area contributed by atoms with E-state index in [9.17, 15) is 13.2 Å². The number of rotatable bonds is 6. The number of pyridine rings is 1. The van der Waals surface area contributed by atoms with Gasteiger partial charge in [0.2, 0.25) is 0 Å². The number of nitrogens with zero attached hydrogens (tertiary/aromatic N) is 4. The Morgan fingerprint density at radius 2 is 2.00 bits per heavy atom. The van der Waals surface area contributed by atoms with Gasteiger partial charge in [-0.1, -0.05) is 0 Å². The average molecular weight is 439 g/mol. The van der Waals surface area contributed by atoms with Gasteiger partial charge in [0.1, 0.15) is 5.60 Å². The maximum Gasteiger partial charge on any atom is 0.422 e. The van der Waals surface area contributed by atoms with Gasteiger partial charge in [0.15, 0.2) is 5.65 Å². The zero-order chi connectivity index (χ0) is 21.9. The van der Waals surface area contributed by atoms with Gasteiger partial charge in [0.05, 0.1) is 11.6 Å². The van der Waals surface area contributed by atoms with Gasteiger partial charge >= 0.3 is 16.3 Å². The van der Waals surface area contributed by atoms with Crippen molar-refractivity contribution in [1.82, 2.24) is 23.8 Å². The Morgan fingerprint density at radius 3 is 2.63 bits per heavy atom. The third kappa shape index (κ3) is 5.39. The maximum absolute atomic E-state index is 12.4. The van der Waals surface area contributed by atoms with Crippen LogP contribution in [0.5, 0.6) is 0 Å². The van der Waals surface area contributed by atoms with E-state index in [2.05, 4.69) is 15.4 Å². The molecule has 166 valence electrons. The Morgan fingerprint density at radius 1 is 1.30 bits per heavy atom. The topological polar surface area (TPSA) is 118 Å². The van der Waals surface area contributed by atoms with Crippen molar-refractivity contribution in [3.8, 4) is 0 Å². The number of hydrogen-bond donors (Lipinski definition) is 2. The van der Waals surface area contributed by atoms with E-state index in [1.54, 1.807) is 27.0 Å². The molecule has 2 N–H and O–H groups in total. The molecule has 1 fully saturated rings. The summed E-state index contributed by atoms with van der Waals surface area (Å²) < 4.78 is 35.0. The van der Waals surface area contributed by atoms with Crippen LogP contribution in [0.2, 0.25) is 0 Å². The highest BCUT2D eigenvalue weighted by Crippen LogP contribution is 2.24. The first kappa shape index (κ1) is 22.3. The van der Waals surface area contributed by atoms with Crippen LogP contribution in [0.3, 0.4) is 0 Å². The van der Waals surface area contributed by atoms with Crippen molar-refractivity contribution >= 4 is 33.0 Å². The van der Waals surface area contributed by atoms with E-state index in [-0.39, 0.29) is 0 Å². The number of piperidine rings is 1. The molecular formula is C19H30N6O4S. The number of aryl methyl sites for hydroxylation is 1. The Bertz CT molecular complexity index is 990. The van der Waals surface area contributed by atoms with Crippen molar-refractivity contribution in [2.24, 2.45) is 5.92 Å². The molecule has 3 rings (SSSR count). The van der Waals surface area contributed by atoms with Crippen molar-refractivity contribution in [2.75, 3.05) is 25.0 Å². The van der Waals surface area contributed by atoms with Crippen molar-refractivity contribution in [3.63, 3.8) is 0 Å². The predicted molar refractivity (Wildman–Crippen MR) is 114 cm³/mol. The monoisotopic (exact) mass is 438 g/mol. The molecule has 10 nitrogen and oxygen atoms in total. The number of amides is 1. The highest BCUT2D eigenvalue weighted by Gasteiger charge is 2.30. The molecule has 0 aliphatic carbocycles. The van der Waals surface area contributed by atoms with E-state index >= 15 is 0 Å². The number of anilines is 1. The summed E-state index contributed by atoms with van der Waals surface area (Å²) in [7, 11) is -3.91. The molecule has 0 spiro atoms. The molecule has 1 aliphatic heterocycles. The molecule has 30 heavy (non-hydrogen) atoms. The molecule has 0 unspecified atom stereocenters. The van der Waals surface area contributed by atoms with Crippen LogP contribution >= 0.6 is 0 Å². The van der Waals surface area contributed by atoms with Crippen LogP contribution in [0.1, 0.15) is 40.5 Å². The normalized spacial score (nSPS) is 16.5. The summed E-state index contributed by atoms with van der Waals surface area (Å²) in [5, 5.41) is 8.78. The minimum Gasteiger partial charge on any atom is -0.443 e. The average Bonchev–Trinajstić information content (AvgIpc) is 3.08. The van der Waals surface area contributed by atoms with Crippen molar-refractivity contribution in [1.29, 1.82) is 0 Å². The number of nitrogens with one attached hydrogen (secondary N) is 2. The number of hydrogen-bond acceptors (Lipinski definition) is 7. The molecule has 0 aromatic carbocycles. The van der Waals surface area contributed by atoms with E-state index < -0.39 is 21.9 Å². The lowest BCUT2D eigenvalue weighted by atomic mass is 9.98. The Labute approximate surface area is 177 Å². The van der Waals surface area contributed by atoms with Crippen LogP contribution in [-0.2, 0) is 21.5 Å². The smallest absolute Gasteiger partial charge is 0.422 e. The lowest BCUT2D eigenvalue weighted by Gasteiger charge is -2.31. The largest absolute Gasteiger partial charge is 0.443 e. The van der Waals surface area contributed by atoms with Crippen molar-refractivity contribution in [3.05, 3.63) is 18.5 Å². The number of carbonyl (C=O) groups is 1. The molecule has 2 aromatic rings. The van der Waals surface area contributed by atoms with E-state index in [1.807, 2.05) is 28.6 Å². The van der Waals surface area contributed by atoms with Crippen LogP contribution in [0.15, 0.2) is 18.5 Å². The molecular weight excluding hydrogens is 408 g/mol. The summed E-state index contributed by atoms with van der Waals surface area (Å²) in [6.07, 6.45) is 4.01. The van der Waals surface area contributed by atoms with Crippen molar-refractivity contribution < 1.29 is 17.9 Å². The van der Waals surface area contributed by atoms with E-state index in [0.717, 1.165) is 29.8 Å². The summed E-state index contributed by atoms with van der Waals surface area (Å²) in [4.78, 5) is 16.2. The highest BCUT2D eigenvalue weighted by molar-refractivity contribution is 7.87. The first-order valence-corrected chi connectivity index (χ1v) is 11.6. The quantitative estimate of drug-likeness (QED) is 0.710. The number of ether oxygens (including phenoxy) is 1. The van der Waals surface area contributed by atoms with Gasteiger partial charge in [0.25, 0.3) is 0 Å². The second-order valence-electron chi connectivity index (χ2n) is 8.39. The van der Waals surface area contributed by atoms with E-state index in [0.29, 0.717) is 31.8 Å². The molecule has 3 heterocycles. The highest BCUT2D eigenvalue weighted by atomic mass is 32.2. The van der Waals surface area contributed by atoms with E-state index in [1.165, 1.54) is 4.31 Å². The first-order valence-electron chi connectivity index (χ1n) is 10.1. The Hall–Kier alpha value is -2.40. The molecule has 0 saturated carbocycles. The van der Waals surface area contributed by atoms with Gasteiger partial charge in [-0.15, -0.1) is 0 Å². The van der Waals surface area contributed by atoms with E-state index in [4.69, 9.17) is 4.74 Å². The maximum atomic E-state index is 12.4. The molecule has 1 amide bonds. The molecule has 1 aliphatic rings. The van der Waals surface area contributed by atoms with Gasteiger partial charge in [-0.3, -0.25) is 0 Å². The minimum atomic E-state index is -3.91. The summed E-state index contributed by atoms with van der Waals surface area (Å²) in [5.41, 5.74) is 1.06. The Kier molecular flexibility index (Phi) is 6.51. The summed E-state index contributed by atoms with van der Waals surface area (Å²) in [6.45, 7) is 9.25. The third-order valence-electron chi connectivity index (χ3n) is 4.95. The summed E-state index contributed by atoms with van der Waals surface area (Å²) in [5.74, 6) is 0.322. The van der Waals surface area contributed by atoms with Crippen LogP contribution in [0.25, 0.3) is 11.0 Å². The molecule has 0 atom stereocenters. The number of aromatic nitrogens is 3. The molecule has 11 heteroatoms. The fraction of sp³-hybridized carbons (Fsp3) is 0.632. The number of carbonyl (C=O) groups excluding carboxylic acids is 1. The molecule has 2 aromatic heterocycles. The molecule has 0 radical (unpaired) electrons. The van der Waals surface area contributed by atoms with Crippen molar-refractivity contribution in [2.45, 2.75) is 52.7 Å². The Balaban J connectivity index is 1.52. The SMILES string of the molecule is CCn1ncc2c(NCC3CCN(S(=O)(=O)NC(=O)OC(C)(C)C)CC3)ccnc21. The first-order chi connectivity index (χ1) is 14.1. The fourth-order valence-corrected chi connectivity index (χ4v) is 4.51. The van der Waals surface area contributed by atoms with Crippen LogP contribution in [0, 0.1) is 5.92 Å². The number of fused-ring (bicyclic) bond motifs is 1. The van der Waals surface area contributed by atoms with Crippen LogP contribution in [-0.4, -0.2) is 58.8 Å². The summed E-state index contributed by atoms with van der Waals surface area (Å²) >= 11 is 0. The standard InChI is InChI=1S/C19H30N6O4S/c1-5-25-17-15(13-22-25)16(6-9-20-17)21-12-14-7-10-24(11-8-14)30(27,28)23-18(26)29-19(2,3)4/h6,9,13-14H,5,7-8,10-12H2,1-4H3,(H,20,21)(H,23,26). The second kappa shape index (κ2) is 8.76. The van der Waals surface area contributed by atoms with Gasteiger partial charge in [-0.2, -0.15) is 17.8 Å². The fourth-order valence-electron chi connectivity index (χ4n) is 3.44. The van der Waals surface area contributed by atoms with Crippen LogP contribution < -0.4 is 10.0 Å². The third-order valence-corrected chi connectivity index (χ3v) is 6.41. The minimum absolute atomic E-state index is 0.322. The zero-order valence-corrected chi connectivity index (χ0v) is 18.7. The lowest BCUT2D eigenvalue weighted by Crippen LogP contribution is -2.48. The lowest BCUT2D eigenvalue weighted by molar-refractivity contribution is 0.0566. The molecule has 0 bridgehead atoms. The zero-order valence-electron chi connectivity index (χ0n) is 17.9. The summed E-state index contributed by atoms with van der Waals surface area (Å²) in [6, 6.07) is 1.92. The predicted octanol–water partition coefficient (Wildman–Crippen LogP) is 2.34. The second-order valence-corrected chi connectivity index (χ2v) is 10.1. The van der Waals surface area contributed by atoms with Gasteiger partial charge in [0, 0.05) is 38.1 Å². The van der Waals surface area contributed by atoms with Crippen LogP contribution in [0.4, 0.5) is 10.5 Å². The van der Waals surface area contributed by atoms with Gasteiger partial charge < -0.3 is 10.1 Å². The van der Waals surface area contributed by atoms with Gasteiger partial charge in [-0.05, 0) is 52.5 Å². The molecule has 1 saturated heterocycles. The van der Waals surface area contributed by atoms with Gasteiger partial charge in [-0.25, -0.2) is 19.2 Å².